The van der Waals surface area contributed by atoms with Crippen molar-refractivity contribution in [3.63, 3.8) is 0 Å². The fourth-order valence-corrected chi connectivity index (χ4v) is 2.93. The first kappa shape index (κ1) is 12.7. The Bertz CT molecular complexity index is 804. The van der Waals surface area contributed by atoms with Crippen molar-refractivity contribution >= 4 is 28.2 Å². The molecule has 2 aromatic heterocycles. The third kappa shape index (κ3) is 2.04. The highest BCUT2D eigenvalue weighted by atomic mass is 32.1. The van der Waals surface area contributed by atoms with Crippen molar-refractivity contribution in [2.24, 2.45) is 0 Å². The molecule has 3 rings (SSSR count). The Morgan fingerprint density at radius 1 is 1.40 bits per heavy atom. The number of nitrogens with zero attached hydrogens (tertiary/aromatic N) is 1. The fourth-order valence-electron chi connectivity index (χ4n) is 2.06. The van der Waals surface area contributed by atoms with E-state index < -0.39 is 5.97 Å². The Balaban J connectivity index is 2.10. The van der Waals surface area contributed by atoms with Crippen LogP contribution in [0.15, 0.2) is 24.3 Å². The number of rotatable bonds is 3. The van der Waals surface area contributed by atoms with Gasteiger partial charge in [-0.05, 0) is 25.1 Å². The number of carboxylic acid groups (broad SMARTS) is 1. The molecule has 0 radical (unpaired) electrons. The third-order valence-corrected chi connectivity index (χ3v) is 4.23. The van der Waals surface area contributed by atoms with Crippen LogP contribution in [0.3, 0.4) is 0 Å². The van der Waals surface area contributed by atoms with Gasteiger partial charge >= 0.3 is 5.97 Å². The maximum atomic E-state index is 11.1. The molecule has 0 bridgehead atoms. The van der Waals surface area contributed by atoms with E-state index in [2.05, 4.69) is 9.97 Å². The number of methoxy groups -OCH3 is 1. The van der Waals surface area contributed by atoms with E-state index in [9.17, 15) is 4.79 Å². The number of H-pyrrole nitrogens is 1. The highest BCUT2D eigenvalue weighted by Gasteiger charge is 2.16. The Hall–Kier alpha value is -2.34. The number of aromatic carboxylic acids is 1. The molecular weight excluding hydrogens is 276 g/mol. The van der Waals surface area contributed by atoms with Crippen molar-refractivity contribution in [2.75, 3.05) is 7.11 Å². The van der Waals surface area contributed by atoms with Gasteiger partial charge in [0.15, 0.2) is 0 Å². The highest BCUT2D eigenvalue weighted by molar-refractivity contribution is 7.17. The van der Waals surface area contributed by atoms with E-state index in [-0.39, 0.29) is 4.88 Å². The van der Waals surface area contributed by atoms with Gasteiger partial charge in [0.2, 0.25) is 0 Å². The van der Waals surface area contributed by atoms with Gasteiger partial charge in [-0.3, -0.25) is 0 Å². The number of thiazole rings is 1. The lowest BCUT2D eigenvalue weighted by Gasteiger charge is -1.97. The molecule has 3 aromatic rings. The molecule has 0 saturated carbocycles. The van der Waals surface area contributed by atoms with Crippen molar-refractivity contribution in [1.29, 1.82) is 0 Å². The summed E-state index contributed by atoms with van der Waals surface area (Å²) in [7, 11) is 1.62. The maximum absolute atomic E-state index is 11.1. The van der Waals surface area contributed by atoms with Crippen LogP contribution in [0.25, 0.3) is 21.6 Å². The minimum absolute atomic E-state index is 0.274. The van der Waals surface area contributed by atoms with Gasteiger partial charge in [-0.2, -0.15) is 0 Å². The van der Waals surface area contributed by atoms with Gasteiger partial charge in [-0.25, -0.2) is 9.78 Å². The molecule has 6 heteroatoms. The molecule has 20 heavy (non-hydrogen) atoms. The number of aryl methyl sites for hydroxylation is 1. The summed E-state index contributed by atoms with van der Waals surface area (Å²) in [6.07, 6.45) is 0. The molecule has 0 aliphatic heterocycles. The number of aromatic nitrogens is 2. The molecule has 2 N–H and O–H groups in total. The molecule has 102 valence electrons. The number of carboxylic acids is 1. The van der Waals surface area contributed by atoms with Crippen molar-refractivity contribution in [2.45, 2.75) is 6.92 Å². The zero-order chi connectivity index (χ0) is 14.3. The summed E-state index contributed by atoms with van der Waals surface area (Å²) in [5.74, 6) is -0.170. The average molecular weight is 288 g/mol. The zero-order valence-electron chi connectivity index (χ0n) is 10.9. The van der Waals surface area contributed by atoms with Crippen LogP contribution in [0, 0.1) is 6.92 Å². The Morgan fingerprint density at radius 3 is 2.85 bits per heavy atom. The predicted molar refractivity (Wildman–Crippen MR) is 77.7 cm³/mol. The first-order valence-corrected chi connectivity index (χ1v) is 6.78. The Kier molecular flexibility index (Phi) is 2.94. The lowest BCUT2D eigenvalue weighted by Crippen LogP contribution is -1.94. The van der Waals surface area contributed by atoms with E-state index in [0.29, 0.717) is 10.7 Å². The summed E-state index contributed by atoms with van der Waals surface area (Å²) >= 11 is 1.17. The SMILES string of the molecule is COc1ccc2cc(-c3nc(C)c(C(=O)O)s3)[nH]c2c1. The van der Waals surface area contributed by atoms with Gasteiger partial charge in [0.25, 0.3) is 0 Å². The van der Waals surface area contributed by atoms with E-state index in [0.717, 1.165) is 22.3 Å². The minimum atomic E-state index is -0.941. The van der Waals surface area contributed by atoms with Crippen LogP contribution in [0.5, 0.6) is 5.75 Å². The number of hydrogen-bond acceptors (Lipinski definition) is 4. The van der Waals surface area contributed by atoms with Crippen LogP contribution in [0.1, 0.15) is 15.4 Å². The smallest absolute Gasteiger partial charge is 0.347 e. The molecule has 0 aliphatic rings. The lowest BCUT2D eigenvalue weighted by molar-refractivity contribution is 0.0701. The van der Waals surface area contributed by atoms with E-state index in [1.165, 1.54) is 11.3 Å². The highest BCUT2D eigenvalue weighted by Crippen LogP contribution is 2.31. The molecule has 2 heterocycles. The summed E-state index contributed by atoms with van der Waals surface area (Å²) in [6.45, 7) is 1.70. The number of fused-ring (bicyclic) bond motifs is 1. The molecule has 5 nitrogen and oxygen atoms in total. The number of hydrogen-bond donors (Lipinski definition) is 2. The summed E-state index contributed by atoms with van der Waals surface area (Å²) in [4.78, 5) is 18.9. The van der Waals surface area contributed by atoms with Gasteiger partial charge in [-0.15, -0.1) is 11.3 Å². The van der Waals surface area contributed by atoms with E-state index in [1.807, 2.05) is 24.3 Å². The van der Waals surface area contributed by atoms with Crippen molar-refractivity contribution in [3.8, 4) is 16.5 Å². The van der Waals surface area contributed by atoms with Gasteiger partial charge in [0, 0.05) is 17.0 Å². The molecule has 0 amide bonds. The monoisotopic (exact) mass is 288 g/mol. The second kappa shape index (κ2) is 4.64. The zero-order valence-corrected chi connectivity index (χ0v) is 11.7. The molecule has 0 atom stereocenters. The van der Waals surface area contributed by atoms with Crippen LogP contribution >= 0.6 is 11.3 Å². The molecule has 0 saturated heterocycles. The van der Waals surface area contributed by atoms with Crippen LogP contribution in [0.2, 0.25) is 0 Å². The number of ether oxygens (including phenoxy) is 1. The quantitative estimate of drug-likeness (QED) is 0.775. The summed E-state index contributed by atoms with van der Waals surface area (Å²) < 4.78 is 5.18. The summed E-state index contributed by atoms with van der Waals surface area (Å²) in [6, 6.07) is 7.69. The summed E-state index contributed by atoms with van der Waals surface area (Å²) in [5.41, 5.74) is 2.28. The van der Waals surface area contributed by atoms with E-state index in [1.54, 1.807) is 14.0 Å². The standard InChI is InChI=1S/C14H12N2O3S/c1-7-12(14(17)18)20-13(15-7)11-5-8-3-4-9(19-2)6-10(8)16-11/h3-6,16H,1-2H3,(H,17,18). The number of aromatic amines is 1. The third-order valence-electron chi connectivity index (χ3n) is 3.05. The van der Waals surface area contributed by atoms with Crippen molar-refractivity contribution in [1.82, 2.24) is 9.97 Å². The molecule has 1 aromatic carbocycles. The number of benzene rings is 1. The normalized spacial score (nSPS) is 10.9. The van der Waals surface area contributed by atoms with Crippen LogP contribution in [-0.4, -0.2) is 28.2 Å². The topological polar surface area (TPSA) is 75.2 Å². The van der Waals surface area contributed by atoms with Gasteiger partial charge < -0.3 is 14.8 Å². The van der Waals surface area contributed by atoms with Crippen LogP contribution < -0.4 is 4.74 Å². The molecule has 0 spiro atoms. The summed E-state index contributed by atoms with van der Waals surface area (Å²) in [5, 5.41) is 10.8. The van der Waals surface area contributed by atoms with Gasteiger partial charge in [0.1, 0.15) is 15.6 Å². The van der Waals surface area contributed by atoms with E-state index in [4.69, 9.17) is 9.84 Å². The first-order chi connectivity index (χ1) is 9.58. The molecule has 0 unspecified atom stereocenters. The lowest BCUT2D eigenvalue weighted by atomic mass is 10.2. The van der Waals surface area contributed by atoms with Crippen molar-refractivity contribution < 1.29 is 14.6 Å². The maximum Gasteiger partial charge on any atom is 0.347 e. The first-order valence-electron chi connectivity index (χ1n) is 5.96. The second-order valence-electron chi connectivity index (χ2n) is 4.37. The number of nitrogens with one attached hydrogen (secondary N) is 1. The van der Waals surface area contributed by atoms with E-state index >= 15 is 0 Å². The Morgan fingerprint density at radius 2 is 2.20 bits per heavy atom. The van der Waals surface area contributed by atoms with Crippen LogP contribution in [-0.2, 0) is 0 Å². The fraction of sp³-hybridized carbons (Fsp3) is 0.143. The van der Waals surface area contributed by atoms with Crippen LogP contribution in [0.4, 0.5) is 0 Å². The molecular formula is C14H12N2O3S. The molecule has 0 aliphatic carbocycles. The number of carbonyl (C=O) groups is 1. The largest absolute Gasteiger partial charge is 0.497 e. The Labute approximate surface area is 118 Å². The second-order valence-corrected chi connectivity index (χ2v) is 5.37. The minimum Gasteiger partial charge on any atom is -0.497 e. The van der Waals surface area contributed by atoms with Crippen molar-refractivity contribution in [3.05, 3.63) is 34.8 Å². The van der Waals surface area contributed by atoms with Gasteiger partial charge in [0.05, 0.1) is 18.5 Å². The average Bonchev–Trinajstić information content (AvgIpc) is 3.00. The predicted octanol–water partition coefficient (Wildman–Crippen LogP) is 3.31. The molecule has 0 fully saturated rings. The van der Waals surface area contributed by atoms with Gasteiger partial charge in [-0.1, -0.05) is 0 Å².